The van der Waals surface area contributed by atoms with Crippen molar-refractivity contribution in [2.24, 2.45) is 0 Å². The molecule has 126 valence electrons. The molecule has 8 nitrogen and oxygen atoms in total. The average Bonchev–Trinajstić information content (AvgIpc) is 3.15. The molecule has 1 amide bonds. The van der Waals surface area contributed by atoms with Crippen molar-refractivity contribution in [1.29, 1.82) is 0 Å². The Morgan fingerprint density at radius 3 is 2.76 bits per heavy atom. The highest BCUT2D eigenvalue weighted by Gasteiger charge is 2.14. The van der Waals surface area contributed by atoms with Crippen molar-refractivity contribution in [3.63, 3.8) is 0 Å². The van der Waals surface area contributed by atoms with E-state index < -0.39 is 17.6 Å². The van der Waals surface area contributed by atoms with E-state index in [1.54, 1.807) is 30.3 Å². The third-order valence-corrected chi connectivity index (χ3v) is 3.31. The summed E-state index contributed by atoms with van der Waals surface area (Å²) in [5, 5.41) is 2.58. The summed E-state index contributed by atoms with van der Waals surface area (Å²) >= 11 is 0. The number of ether oxygens (including phenoxy) is 1. The Hall–Kier alpha value is -3.68. The molecule has 0 radical (unpaired) electrons. The average molecular weight is 339 g/mol. The van der Waals surface area contributed by atoms with Gasteiger partial charge in [-0.3, -0.25) is 4.79 Å². The number of benzene rings is 1. The lowest BCUT2D eigenvalue weighted by Crippen LogP contribution is -2.21. The first kappa shape index (κ1) is 16.2. The van der Waals surface area contributed by atoms with Crippen molar-refractivity contribution in [2.45, 2.75) is 0 Å². The Balaban J connectivity index is 1.87. The number of esters is 1. The molecule has 3 aromatic rings. The van der Waals surface area contributed by atoms with Gasteiger partial charge in [-0.2, -0.15) is 4.98 Å². The second-order valence-electron chi connectivity index (χ2n) is 4.99. The Morgan fingerprint density at radius 2 is 2.04 bits per heavy atom. The number of aromatic nitrogens is 2. The van der Waals surface area contributed by atoms with Crippen LogP contribution >= 0.6 is 0 Å². The number of aromatic amines is 1. The smallest absolute Gasteiger partial charge is 0.346 e. The van der Waals surface area contributed by atoms with Crippen molar-refractivity contribution in [3.05, 3.63) is 70.5 Å². The van der Waals surface area contributed by atoms with Crippen LogP contribution < -0.4 is 11.0 Å². The molecule has 0 atom stereocenters. The van der Waals surface area contributed by atoms with Crippen LogP contribution in [-0.2, 0) is 4.74 Å². The van der Waals surface area contributed by atoms with Crippen LogP contribution in [0.3, 0.4) is 0 Å². The number of methoxy groups -OCH3 is 1. The van der Waals surface area contributed by atoms with Gasteiger partial charge in [0.2, 0.25) is 0 Å². The lowest BCUT2D eigenvalue weighted by atomic mass is 10.2. The normalized spacial score (nSPS) is 10.3. The third kappa shape index (κ3) is 3.63. The molecule has 1 aromatic carbocycles. The van der Waals surface area contributed by atoms with Crippen LogP contribution in [0.15, 0.2) is 57.9 Å². The molecule has 25 heavy (non-hydrogen) atoms. The fraction of sp³-hybridized carbons (Fsp3) is 0.0588. The monoisotopic (exact) mass is 339 g/mol. The molecule has 0 aliphatic carbocycles. The SMILES string of the molecule is COC(=O)c1cccc(NC(=O)c2cc(-c3ccco3)[nH]c(=O)n2)c1. The Labute approximate surface area is 141 Å². The van der Waals surface area contributed by atoms with Crippen molar-refractivity contribution in [2.75, 3.05) is 12.4 Å². The van der Waals surface area contributed by atoms with Crippen molar-refractivity contribution < 1.29 is 18.7 Å². The number of nitrogens with one attached hydrogen (secondary N) is 2. The summed E-state index contributed by atoms with van der Waals surface area (Å²) < 4.78 is 9.83. The Kier molecular flexibility index (Phi) is 4.42. The van der Waals surface area contributed by atoms with Gasteiger partial charge in [-0.05, 0) is 36.4 Å². The summed E-state index contributed by atoms with van der Waals surface area (Å²) in [5.74, 6) is -0.715. The van der Waals surface area contributed by atoms with Gasteiger partial charge in [0.15, 0.2) is 0 Å². The third-order valence-electron chi connectivity index (χ3n) is 3.31. The molecule has 0 unspecified atom stereocenters. The van der Waals surface area contributed by atoms with Gasteiger partial charge < -0.3 is 19.5 Å². The van der Waals surface area contributed by atoms with Crippen molar-refractivity contribution in [1.82, 2.24) is 9.97 Å². The molecule has 8 heteroatoms. The second-order valence-corrected chi connectivity index (χ2v) is 4.99. The number of H-pyrrole nitrogens is 1. The lowest BCUT2D eigenvalue weighted by molar-refractivity contribution is 0.0600. The first-order valence-corrected chi connectivity index (χ1v) is 7.22. The number of nitrogens with zero attached hydrogens (tertiary/aromatic N) is 1. The molecule has 0 aliphatic rings. The molecule has 2 N–H and O–H groups in total. The minimum Gasteiger partial charge on any atom is -0.465 e. The van der Waals surface area contributed by atoms with Gasteiger partial charge in [-0.1, -0.05) is 6.07 Å². The number of rotatable bonds is 4. The summed E-state index contributed by atoms with van der Waals surface area (Å²) in [6, 6.07) is 10.9. The van der Waals surface area contributed by atoms with E-state index in [0.717, 1.165) is 0 Å². The molecule has 0 fully saturated rings. The van der Waals surface area contributed by atoms with Crippen LogP contribution in [0.2, 0.25) is 0 Å². The topological polar surface area (TPSA) is 114 Å². The van der Waals surface area contributed by atoms with Crippen LogP contribution in [0.1, 0.15) is 20.8 Å². The number of carbonyl (C=O) groups excluding carboxylic acids is 2. The molecule has 2 heterocycles. The standard InChI is InChI=1S/C17H13N3O5/c1-24-16(22)10-4-2-5-11(8-10)18-15(21)13-9-12(19-17(23)20-13)14-6-3-7-25-14/h2-9H,1H3,(H,18,21)(H,19,20,23). The van der Waals surface area contributed by atoms with Crippen LogP contribution in [0, 0.1) is 0 Å². The van der Waals surface area contributed by atoms with Crippen molar-refractivity contribution >= 4 is 17.6 Å². The lowest BCUT2D eigenvalue weighted by Gasteiger charge is -2.07. The maximum Gasteiger partial charge on any atom is 0.346 e. The fourth-order valence-corrected chi connectivity index (χ4v) is 2.18. The number of hydrogen-bond acceptors (Lipinski definition) is 6. The van der Waals surface area contributed by atoms with Crippen LogP contribution in [0.5, 0.6) is 0 Å². The molecule has 0 saturated heterocycles. The predicted octanol–water partition coefficient (Wildman–Crippen LogP) is 2.07. The molecule has 3 rings (SSSR count). The number of carbonyl (C=O) groups is 2. The number of anilines is 1. The van der Waals surface area contributed by atoms with Gasteiger partial charge in [0.25, 0.3) is 5.91 Å². The van der Waals surface area contributed by atoms with Gasteiger partial charge in [0.1, 0.15) is 11.5 Å². The van der Waals surface area contributed by atoms with Gasteiger partial charge in [0, 0.05) is 5.69 Å². The van der Waals surface area contributed by atoms with Gasteiger partial charge in [-0.25, -0.2) is 9.59 Å². The summed E-state index contributed by atoms with van der Waals surface area (Å²) in [5.41, 5.74) is 0.226. The molecular formula is C17H13N3O5. The van der Waals surface area contributed by atoms with Crippen molar-refractivity contribution in [3.8, 4) is 11.5 Å². The minimum absolute atomic E-state index is 0.0846. The summed E-state index contributed by atoms with van der Waals surface area (Å²) in [7, 11) is 1.27. The van der Waals surface area contributed by atoms with E-state index in [2.05, 4.69) is 20.0 Å². The van der Waals surface area contributed by atoms with Gasteiger partial charge >= 0.3 is 11.7 Å². The van der Waals surface area contributed by atoms with E-state index in [9.17, 15) is 14.4 Å². The zero-order valence-electron chi connectivity index (χ0n) is 13.1. The number of furan rings is 1. The van der Waals surface area contributed by atoms with E-state index >= 15 is 0 Å². The Morgan fingerprint density at radius 1 is 1.20 bits per heavy atom. The maximum atomic E-state index is 12.4. The number of amides is 1. The molecule has 0 bridgehead atoms. The van der Waals surface area contributed by atoms with Crippen LogP contribution in [-0.4, -0.2) is 29.0 Å². The van der Waals surface area contributed by atoms with Crippen LogP contribution in [0.4, 0.5) is 5.69 Å². The Bertz CT molecular complexity index is 976. The summed E-state index contributed by atoms with van der Waals surface area (Å²) in [6.45, 7) is 0. The minimum atomic E-state index is -0.678. The van der Waals surface area contributed by atoms with E-state index in [0.29, 0.717) is 17.1 Å². The zero-order valence-corrected chi connectivity index (χ0v) is 13.1. The maximum absolute atomic E-state index is 12.4. The summed E-state index contributed by atoms with van der Waals surface area (Å²) in [4.78, 5) is 41.8. The largest absolute Gasteiger partial charge is 0.465 e. The first-order valence-electron chi connectivity index (χ1n) is 7.22. The van der Waals surface area contributed by atoms with E-state index in [1.807, 2.05) is 0 Å². The highest BCUT2D eigenvalue weighted by Crippen LogP contribution is 2.17. The van der Waals surface area contributed by atoms with E-state index in [4.69, 9.17) is 4.42 Å². The quantitative estimate of drug-likeness (QED) is 0.703. The molecule has 0 saturated carbocycles. The van der Waals surface area contributed by atoms with E-state index in [-0.39, 0.29) is 11.3 Å². The second kappa shape index (κ2) is 6.83. The molecule has 2 aromatic heterocycles. The van der Waals surface area contributed by atoms with E-state index in [1.165, 1.54) is 25.5 Å². The van der Waals surface area contributed by atoms with Gasteiger partial charge in [-0.15, -0.1) is 0 Å². The highest BCUT2D eigenvalue weighted by atomic mass is 16.5. The zero-order chi connectivity index (χ0) is 17.8. The first-order chi connectivity index (χ1) is 12.1. The molecule has 0 aliphatic heterocycles. The molecular weight excluding hydrogens is 326 g/mol. The van der Waals surface area contributed by atoms with Gasteiger partial charge in [0.05, 0.1) is 24.6 Å². The summed E-state index contributed by atoms with van der Waals surface area (Å²) in [6.07, 6.45) is 1.45. The predicted molar refractivity (Wildman–Crippen MR) is 88.3 cm³/mol. The van der Waals surface area contributed by atoms with Crippen LogP contribution in [0.25, 0.3) is 11.5 Å². The fourth-order valence-electron chi connectivity index (χ4n) is 2.18. The highest BCUT2D eigenvalue weighted by molar-refractivity contribution is 6.04. The molecule has 0 spiro atoms. The number of hydrogen-bond donors (Lipinski definition) is 2.